The molecule has 0 aromatic heterocycles. The van der Waals surface area contributed by atoms with Crippen molar-refractivity contribution < 1.29 is 4.74 Å². The number of hydrogen-bond donors (Lipinski definition) is 1. The fraction of sp³-hybridized carbons (Fsp3) is 0.133. The Bertz CT molecular complexity index is 604. The first-order chi connectivity index (χ1) is 9.08. The van der Waals surface area contributed by atoms with E-state index in [0.29, 0.717) is 5.11 Å². The molecule has 106 valence electrons. The van der Waals surface area contributed by atoms with Crippen LogP contribution < -0.4 is 15.4 Å². The molecule has 2 rings (SSSR count). The van der Waals surface area contributed by atoms with Crippen molar-refractivity contribution in [1.29, 1.82) is 0 Å². The van der Waals surface area contributed by atoms with Crippen LogP contribution in [0.5, 0.6) is 11.5 Å². The first-order valence-electron chi connectivity index (χ1n) is 5.94. The number of halogens is 1. The molecule has 0 amide bonds. The third kappa shape index (κ3) is 4.08. The zero-order chi connectivity index (χ0) is 13.8. The van der Waals surface area contributed by atoms with Crippen LogP contribution in [0.4, 0.5) is 5.69 Å². The van der Waals surface area contributed by atoms with Crippen LogP contribution in [-0.4, -0.2) is 12.2 Å². The van der Waals surface area contributed by atoms with E-state index in [4.69, 9.17) is 22.7 Å². The van der Waals surface area contributed by atoms with E-state index in [1.54, 1.807) is 4.90 Å². The molecular formula is C15H17IN2OS. The average Bonchev–Trinajstić information content (AvgIpc) is 2.38. The summed E-state index contributed by atoms with van der Waals surface area (Å²) in [5.74, 6) is 1.52. The van der Waals surface area contributed by atoms with Crippen LogP contribution in [0.25, 0.3) is 0 Å². The van der Waals surface area contributed by atoms with Gasteiger partial charge in [-0.25, -0.2) is 0 Å². The zero-order valence-electron chi connectivity index (χ0n) is 11.4. The molecule has 0 aliphatic rings. The van der Waals surface area contributed by atoms with E-state index in [0.717, 1.165) is 22.7 Å². The van der Waals surface area contributed by atoms with Gasteiger partial charge in [-0.1, -0.05) is 24.3 Å². The molecule has 0 unspecified atom stereocenters. The molecule has 0 bridgehead atoms. The number of rotatable bonds is 3. The lowest BCUT2D eigenvalue weighted by Crippen LogP contribution is -2.31. The summed E-state index contributed by atoms with van der Waals surface area (Å²) in [6, 6.07) is 15.6. The Balaban J connectivity index is 0.00000200. The molecule has 5 heteroatoms. The van der Waals surface area contributed by atoms with Crippen LogP contribution >= 0.6 is 36.2 Å². The molecule has 0 fully saturated rings. The Morgan fingerprint density at radius 1 is 1.15 bits per heavy atom. The van der Waals surface area contributed by atoms with E-state index in [1.807, 2.05) is 62.5 Å². The lowest BCUT2D eigenvalue weighted by atomic mass is 10.2. The molecule has 0 atom stereocenters. The maximum Gasteiger partial charge on any atom is 0.170 e. The Kier molecular flexibility index (Phi) is 6.22. The second-order valence-electron chi connectivity index (χ2n) is 4.28. The van der Waals surface area contributed by atoms with Gasteiger partial charge in [-0.3, -0.25) is 0 Å². The topological polar surface area (TPSA) is 38.5 Å². The number of nitrogens with two attached hydrogens (primary N) is 1. The summed E-state index contributed by atoms with van der Waals surface area (Å²) in [6.07, 6.45) is 0. The van der Waals surface area contributed by atoms with Gasteiger partial charge < -0.3 is 15.4 Å². The van der Waals surface area contributed by atoms with Crippen molar-refractivity contribution in [3.8, 4) is 11.5 Å². The molecular weight excluding hydrogens is 383 g/mol. The van der Waals surface area contributed by atoms with Crippen molar-refractivity contribution in [1.82, 2.24) is 0 Å². The predicted molar refractivity (Wildman–Crippen MR) is 98.3 cm³/mol. The van der Waals surface area contributed by atoms with E-state index in [9.17, 15) is 0 Å². The Labute approximate surface area is 141 Å². The van der Waals surface area contributed by atoms with Crippen LogP contribution in [0.2, 0.25) is 0 Å². The normalized spacial score (nSPS) is 9.50. The zero-order valence-corrected chi connectivity index (χ0v) is 14.5. The summed E-state index contributed by atoms with van der Waals surface area (Å²) >= 11 is 4.99. The highest BCUT2D eigenvalue weighted by atomic mass is 127. The number of anilines is 1. The second-order valence-corrected chi connectivity index (χ2v) is 4.70. The Morgan fingerprint density at radius 3 is 2.50 bits per heavy atom. The molecule has 0 saturated carbocycles. The minimum Gasteiger partial charge on any atom is -0.455 e. The molecule has 2 N–H and O–H groups in total. The maximum atomic E-state index is 5.90. The van der Waals surface area contributed by atoms with E-state index in [-0.39, 0.29) is 24.0 Å². The monoisotopic (exact) mass is 400 g/mol. The number of benzene rings is 2. The lowest BCUT2D eigenvalue weighted by Gasteiger charge is -2.20. The van der Waals surface area contributed by atoms with Crippen LogP contribution in [0, 0.1) is 6.92 Å². The van der Waals surface area contributed by atoms with Crippen LogP contribution in [0.3, 0.4) is 0 Å². The van der Waals surface area contributed by atoms with Gasteiger partial charge >= 0.3 is 0 Å². The third-order valence-corrected chi connectivity index (χ3v) is 3.05. The van der Waals surface area contributed by atoms with E-state index >= 15 is 0 Å². The number of aryl methyl sites for hydroxylation is 1. The summed E-state index contributed by atoms with van der Waals surface area (Å²) in [5.41, 5.74) is 7.65. The third-order valence-electron chi connectivity index (χ3n) is 2.77. The molecule has 0 radical (unpaired) electrons. The number of para-hydroxylation sites is 2. The van der Waals surface area contributed by atoms with E-state index in [1.165, 1.54) is 0 Å². The quantitative estimate of drug-likeness (QED) is 0.623. The predicted octanol–water partition coefficient (Wildman–Crippen LogP) is 4.09. The summed E-state index contributed by atoms with van der Waals surface area (Å²) in [4.78, 5) is 1.72. The largest absolute Gasteiger partial charge is 0.455 e. The first-order valence-corrected chi connectivity index (χ1v) is 6.35. The van der Waals surface area contributed by atoms with Crippen molar-refractivity contribution >= 4 is 47.0 Å². The Hall–Kier alpha value is -1.34. The Morgan fingerprint density at radius 2 is 1.85 bits per heavy atom. The van der Waals surface area contributed by atoms with E-state index < -0.39 is 0 Å². The van der Waals surface area contributed by atoms with E-state index in [2.05, 4.69) is 0 Å². The van der Waals surface area contributed by atoms with Gasteiger partial charge in [0.15, 0.2) is 10.9 Å². The molecule has 2 aromatic rings. The molecule has 3 nitrogen and oxygen atoms in total. The van der Waals surface area contributed by atoms with Crippen LogP contribution in [0.1, 0.15) is 5.56 Å². The van der Waals surface area contributed by atoms with Crippen molar-refractivity contribution in [2.24, 2.45) is 5.73 Å². The summed E-state index contributed by atoms with van der Waals surface area (Å²) in [6.45, 7) is 2.03. The molecule has 0 heterocycles. The minimum atomic E-state index is 0. The van der Waals surface area contributed by atoms with Crippen LogP contribution in [0.15, 0.2) is 48.5 Å². The highest BCUT2D eigenvalue weighted by Crippen LogP contribution is 2.31. The average molecular weight is 400 g/mol. The summed E-state index contributed by atoms with van der Waals surface area (Å²) in [7, 11) is 1.82. The fourth-order valence-corrected chi connectivity index (χ4v) is 1.84. The van der Waals surface area contributed by atoms with Gasteiger partial charge in [0.1, 0.15) is 5.75 Å². The summed E-state index contributed by atoms with van der Waals surface area (Å²) in [5, 5.41) is 0.306. The minimum absolute atomic E-state index is 0. The molecule has 0 aliphatic heterocycles. The van der Waals surface area contributed by atoms with Gasteiger partial charge in [-0.2, -0.15) is 0 Å². The van der Waals surface area contributed by atoms with Crippen molar-refractivity contribution in [3.05, 3.63) is 54.1 Å². The highest BCUT2D eigenvalue weighted by Gasteiger charge is 2.10. The van der Waals surface area contributed by atoms with Crippen LogP contribution in [-0.2, 0) is 0 Å². The van der Waals surface area contributed by atoms with Gasteiger partial charge in [-0.15, -0.1) is 24.0 Å². The molecule has 0 aliphatic carbocycles. The van der Waals surface area contributed by atoms with Gasteiger partial charge in [0.05, 0.1) is 5.69 Å². The molecule has 2 aromatic carbocycles. The van der Waals surface area contributed by atoms with Crippen molar-refractivity contribution in [2.75, 3.05) is 11.9 Å². The SMILES string of the molecule is Cc1cccc(Oc2ccccc2N(C)C(N)=S)c1.I. The van der Waals surface area contributed by atoms with Gasteiger partial charge in [0.2, 0.25) is 0 Å². The summed E-state index contributed by atoms with van der Waals surface area (Å²) < 4.78 is 5.90. The lowest BCUT2D eigenvalue weighted by molar-refractivity contribution is 0.483. The second kappa shape index (κ2) is 7.44. The maximum absolute atomic E-state index is 5.90. The molecule has 0 spiro atoms. The van der Waals surface area contributed by atoms with Gasteiger partial charge in [0, 0.05) is 7.05 Å². The number of nitrogens with zero attached hydrogens (tertiary/aromatic N) is 1. The smallest absolute Gasteiger partial charge is 0.170 e. The fourth-order valence-electron chi connectivity index (χ4n) is 1.75. The highest BCUT2D eigenvalue weighted by molar-refractivity contribution is 14.0. The molecule has 0 saturated heterocycles. The van der Waals surface area contributed by atoms with Crippen molar-refractivity contribution in [2.45, 2.75) is 6.92 Å². The van der Waals surface area contributed by atoms with Gasteiger partial charge in [0.25, 0.3) is 0 Å². The number of thiocarbonyl (C=S) groups is 1. The molecule has 20 heavy (non-hydrogen) atoms. The first kappa shape index (κ1) is 16.7. The van der Waals surface area contributed by atoms with Crippen molar-refractivity contribution in [3.63, 3.8) is 0 Å². The standard InChI is InChI=1S/C15H16N2OS.HI/c1-11-6-5-7-12(10-11)18-14-9-4-3-8-13(14)17(2)15(16)19;/h3-10H,1-2H3,(H2,16,19);1H. The number of ether oxygens (including phenoxy) is 1. The number of hydrogen-bond acceptors (Lipinski definition) is 2. The van der Waals surface area contributed by atoms with Gasteiger partial charge in [-0.05, 0) is 49.0 Å².